The molecule has 5 heteroatoms. The van der Waals surface area contributed by atoms with Gasteiger partial charge in [0.25, 0.3) is 0 Å². The summed E-state index contributed by atoms with van der Waals surface area (Å²) in [7, 11) is 0. The lowest BCUT2D eigenvalue weighted by Gasteiger charge is -2.29. The van der Waals surface area contributed by atoms with Crippen LogP contribution in [-0.2, 0) is 17.8 Å². The van der Waals surface area contributed by atoms with E-state index in [1.165, 1.54) is 0 Å². The fourth-order valence-corrected chi connectivity index (χ4v) is 2.18. The van der Waals surface area contributed by atoms with Crippen molar-refractivity contribution in [3.8, 4) is 0 Å². The second kappa shape index (κ2) is 5.40. The Morgan fingerprint density at radius 3 is 2.53 bits per heavy atom. The summed E-state index contributed by atoms with van der Waals surface area (Å²) >= 11 is 0. The van der Waals surface area contributed by atoms with Crippen LogP contribution in [0.5, 0.6) is 0 Å². The average Bonchev–Trinajstić information content (AvgIpc) is 2.77. The first-order valence-electron chi connectivity index (χ1n) is 6.23. The van der Waals surface area contributed by atoms with E-state index >= 15 is 0 Å². The Labute approximate surface area is 101 Å². The zero-order valence-electron chi connectivity index (χ0n) is 10.5. The molecule has 0 N–H and O–H groups in total. The molecule has 1 saturated heterocycles. The van der Waals surface area contributed by atoms with Crippen molar-refractivity contribution in [3.63, 3.8) is 0 Å². The lowest BCUT2D eigenvalue weighted by molar-refractivity contribution is -0.122. The third kappa shape index (κ3) is 3.12. The summed E-state index contributed by atoms with van der Waals surface area (Å²) in [6.45, 7) is 6.27. The molecule has 1 aliphatic heterocycles. The summed E-state index contributed by atoms with van der Waals surface area (Å²) in [4.78, 5) is 13.5. The van der Waals surface area contributed by atoms with Crippen LogP contribution in [0.4, 0.5) is 0 Å². The van der Waals surface area contributed by atoms with Gasteiger partial charge < -0.3 is 4.42 Å². The third-order valence-electron chi connectivity index (χ3n) is 3.33. The standard InChI is InChI=1S/C12H19N3O2/c1-3-11-13-14-12(17-11)8-15-6-4-10(5-7-15)9(2)16/h10H,3-8H2,1-2H3. The van der Waals surface area contributed by atoms with Crippen molar-refractivity contribution in [2.75, 3.05) is 13.1 Å². The zero-order valence-corrected chi connectivity index (χ0v) is 10.5. The maximum atomic E-state index is 11.2. The SMILES string of the molecule is CCc1nnc(CN2CCC(C(C)=O)CC2)o1. The number of hydrogen-bond acceptors (Lipinski definition) is 5. The molecular weight excluding hydrogens is 218 g/mol. The van der Waals surface area contributed by atoms with Crippen LogP contribution in [0.3, 0.4) is 0 Å². The van der Waals surface area contributed by atoms with Crippen molar-refractivity contribution >= 4 is 5.78 Å². The van der Waals surface area contributed by atoms with E-state index in [-0.39, 0.29) is 5.92 Å². The maximum absolute atomic E-state index is 11.2. The lowest BCUT2D eigenvalue weighted by atomic mass is 9.93. The highest BCUT2D eigenvalue weighted by molar-refractivity contribution is 5.78. The van der Waals surface area contributed by atoms with E-state index in [1.54, 1.807) is 6.92 Å². The number of hydrogen-bond donors (Lipinski definition) is 0. The molecule has 17 heavy (non-hydrogen) atoms. The molecule has 2 heterocycles. The molecule has 0 bridgehead atoms. The monoisotopic (exact) mass is 237 g/mol. The minimum Gasteiger partial charge on any atom is -0.424 e. The number of aromatic nitrogens is 2. The zero-order chi connectivity index (χ0) is 12.3. The number of Topliss-reactive ketones (excluding diaryl/α,β-unsaturated/α-hetero) is 1. The summed E-state index contributed by atoms with van der Waals surface area (Å²) in [6.07, 6.45) is 2.67. The van der Waals surface area contributed by atoms with Crippen LogP contribution in [0.15, 0.2) is 4.42 Å². The average molecular weight is 237 g/mol. The quantitative estimate of drug-likeness (QED) is 0.793. The first-order valence-corrected chi connectivity index (χ1v) is 6.23. The van der Waals surface area contributed by atoms with Gasteiger partial charge in [0, 0.05) is 12.3 Å². The smallest absolute Gasteiger partial charge is 0.230 e. The van der Waals surface area contributed by atoms with E-state index in [0.717, 1.165) is 32.4 Å². The van der Waals surface area contributed by atoms with Crippen LogP contribution >= 0.6 is 0 Å². The Kier molecular flexibility index (Phi) is 3.89. The molecule has 1 fully saturated rings. The molecule has 0 aliphatic carbocycles. The summed E-state index contributed by atoms with van der Waals surface area (Å²) < 4.78 is 5.48. The maximum Gasteiger partial charge on any atom is 0.230 e. The van der Waals surface area contributed by atoms with Crippen LogP contribution in [-0.4, -0.2) is 34.0 Å². The topological polar surface area (TPSA) is 59.2 Å². The Balaban J connectivity index is 1.83. The highest BCUT2D eigenvalue weighted by Gasteiger charge is 2.23. The fraction of sp³-hybridized carbons (Fsp3) is 0.750. The molecule has 0 atom stereocenters. The van der Waals surface area contributed by atoms with Gasteiger partial charge in [0.15, 0.2) is 0 Å². The van der Waals surface area contributed by atoms with Gasteiger partial charge in [-0.1, -0.05) is 6.92 Å². The Morgan fingerprint density at radius 1 is 1.35 bits per heavy atom. The van der Waals surface area contributed by atoms with E-state index in [0.29, 0.717) is 24.1 Å². The first-order chi connectivity index (χ1) is 8.19. The van der Waals surface area contributed by atoms with E-state index in [2.05, 4.69) is 15.1 Å². The number of piperidine rings is 1. The van der Waals surface area contributed by atoms with Crippen LogP contribution in [0.25, 0.3) is 0 Å². The molecule has 0 saturated carbocycles. The fourth-order valence-electron chi connectivity index (χ4n) is 2.18. The number of rotatable bonds is 4. The molecular formula is C12H19N3O2. The van der Waals surface area contributed by atoms with Crippen molar-refractivity contribution in [1.29, 1.82) is 0 Å². The van der Waals surface area contributed by atoms with E-state index in [4.69, 9.17) is 4.42 Å². The van der Waals surface area contributed by atoms with Gasteiger partial charge in [-0.05, 0) is 32.9 Å². The molecule has 0 radical (unpaired) electrons. The minimum atomic E-state index is 0.250. The van der Waals surface area contributed by atoms with Crippen molar-refractivity contribution < 1.29 is 9.21 Å². The van der Waals surface area contributed by atoms with Crippen molar-refractivity contribution in [2.24, 2.45) is 5.92 Å². The van der Waals surface area contributed by atoms with Crippen molar-refractivity contribution in [3.05, 3.63) is 11.8 Å². The Bertz CT molecular complexity index is 381. The molecule has 1 aliphatic rings. The van der Waals surface area contributed by atoms with E-state index in [1.807, 2.05) is 6.92 Å². The Hall–Kier alpha value is -1.23. The summed E-state index contributed by atoms with van der Waals surface area (Å²) in [6, 6.07) is 0. The minimum absolute atomic E-state index is 0.250. The number of likely N-dealkylation sites (tertiary alicyclic amines) is 1. The normalized spacial score (nSPS) is 18.5. The first kappa shape index (κ1) is 12.2. The van der Waals surface area contributed by atoms with Gasteiger partial charge in [-0.2, -0.15) is 0 Å². The largest absolute Gasteiger partial charge is 0.424 e. The molecule has 0 spiro atoms. The highest BCUT2D eigenvalue weighted by Crippen LogP contribution is 2.19. The van der Waals surface area contributed by atoms with Gasteiger partial charge in [0.1, 0.15) is 5.78 Å². The number of carbonyl (C=O) groups excluding carboxylic acids is 1. The van der Waals surface area contributed by atoms with Crippen molar-refractivity contribution in [1.82, 2.24) is 15.1 Å². The predicted molar refractivity (Wildman–Crippen MR) is 62.4 cm³/mol. The molecule has 0 unspecified atom stereocenters. The predicted octanol–water partition coefficient (Wildman–Crippen LogP) is 1.43. The second-order valence-corrected chi connectivity index (χ2v) is 4.60. The summed E-state index contributed by atoms with van der Waals surface area (Å²) in [5.74, 6) is 1.94. The van der Waals surface area contributed by atoms with Gasteiger partial charge in [-0.15, -0.1) is 10.2 Å². The second-order valence-electron chi connectivity index (χ2n) is 4.60. The number of nitrogens with zero attached hydrogens (tertiary/aromatic N) is 3. The van der Waals surface area contributed by atoms with Gasteiger partial charge >= 0.3 is 0 Å². The molecule has 0 amide bonds. The molecule has 1 aromatic heterocycles. The highest BCUT2D eigenvalue weighted by atomic mass is 16.4. The van der Waals surface area contributed by atoms with Crippen LogP contribution in [0.1, 0.15) is 38.5 Å². The van der Waals surface area contributed by atoms with Crippen LogP contribution < -0.4 is 0 Å². The number of ketones is 1. The Morgan fingerprint density at radius 2 is 2.00 bits per heavy atom. The summed E-state index contributed by atoms with van der Waals surface area (Å²) in [5, 5.41) is 7.96. The van der Waals surface area contributed by atoms with Crippen LogP contribution in [0.2, 0.25) is 0 Å². The number of carbonyl (C=O) groups is 1. The molecule has 1 aromatic rings. The van der Waals surface area contributed by atoms with Gasteiger partial charge in [-0.3, -0.25) is 9.69 Å². The van der Waals surface area contributed by atoms with Crippen molar-refractivity contribution in [2.45, 2.75) is 39.7 Å². The molecule has 2 rings (SSSR count). The van der Waals surface area contributed by atoms with Gasteiger partial charge in [0.2, 0.25) is 11.8 Å². The van der Waals surface area contributed by atoms with E-state index in [9.17, 15) is 4.79 Å². The third-order valence-corrected chi connectivity index (χ3v) is 3.33. The molecule has 0 aromatic carbocycles. The van der Waals surface area contributed by atoms with Crippen LogP contribution in [0, 0.1) is 5.92 Å². The number of aryl methyl sites for hydroxylation is 1. The van der Waals surface area contributed by atoms with Gasteiger partial charge in [-0.25, -0.2) is 0 Å². The molecule has 5 nitrogen and oxygen atoms in total. The lowest BCUT2D eigenvalue weighted by Crippen LogP contribution is -2.35. The van der Waals surface area contributed by atoms with E-state index < -0.39 is 0 Å². The summed E-state index contributed by atoms with van der Waals surface area (Å²) in [5.41, 5.74) is 0. The van der Waals surface area contributed by atoms with Gasteiger partial charge in [0.05, 0.1) is 6.54 Å². The molecule has 94 valence electrons.